The maximum Gasteiger partial charge on any atom is 0.255 e. The minimum Gasteiger partial charge on any atom is -0.322 e. The van der Waals surface area contributed by atoms with Crippen molar-refractivity contribution in [3.05, 3.63) is 59.9 Å². The van der Waals surface area contributed by atoms with Crippen molar-refractivity contribution in [2.45, 2.75) is 50.0 Å². The summed E-state index contributed by atoms with van der Waals surface area (Å²) in [7, 11) is -3.49. The van der Waals surface area contributed by atoms with Crippen LogP contribution in [0.5, 0.6) is 0 Å². The molecule has 2 aromatic carbocycles. The largest absolute Gasteiger partial charge is 0.322 e. The summed E-state index contributed by atoms with van der Waals surface area (Å²) >= 11 is 0. The Morgan fingerprint density at radius 3 is 2.24 bits per heavy atom. The van der Waals surface area contributed by atoms with Gasteiger partial charge in [-0.2, -0.15) is 4.31 Å². The minimum atomic E-state index is -3.49. The average Bonchev–Trinajstić information content (AvgIpc) is 3.46. The fourth-order valence-corrected chi connectivity index (χ4v) is 5.98. The molecular formula is C24H27N5O3S. The van der Waals surface area contributed by atoms with Gasteiger partial charge in [-0.25, -0.2) is 8.42 Å². The van der Waals surface area contributed by atoms with Gasteiger partial charge in [-0.05, 0) is 74.2 Å². The van der Waals surface area contributed by atoms with Crippen LogP contribution in [-0.4, -0.2) is 46.5 Å². The summed E-state index contributed by atoms with van der Waals surface area (Å²) in [6.45, 7) is 2.04. The van der Waals surface area contributed by atoms with E-state index < -0.39 is 10.0 Å². The van der Waals surface area contributed by atoms with Crippen molar-refractivity contribution in [3.63, 3.8) is 0 Å². The number of carbonyl (C=O) groups is 1. The molecule has 0 atom stereocenters. The van der Waals surface area contributed by atoms with Gasteiger partial charge in [0.1, 0.15) is 5.82 Å². The van der Waals surface area contributed by atoms with Crippen molar-refractivity contribution in [1.82, 2.24) is 19.1 Å². The zero-order valence-corrected chi connectivity index (χ0v) is 19.2. The fourth-order valence-electron chi connectivity index (χ4n) is 4.46. The molecule has 1 N–H and O–H groups in total. The molecule has 5 rings (SSSR count). The van der Waals surface area contributed by atoms with E-state index in [4.69, 9.17) is 0 Å². The SMILES string of the molecule is O=C(Nc1ccc(-c2nnc3n2CCCCC3)cc1)c1ccc(S(=O)(=O)N2CCCC2)cc1. The lowest BCUT2D eigenvalue weighted by Gasteiger charge is -2.15. The number of amides is 1. The molecule has 9 heteroatoms. The van der Waals surface area contributed by atoms with Gasteiger partial charge in [0.2, 0.25) is 10.0 Å². The van der Waals surface area contributed by atoms with Crippen LogP contribution in [0.25, 0.3) is 11.4 Å². The molecule has 1 aromatic heterocycles. The molecule has 3 aromatic rings. The number of sulfonamides is 1. The van der Waals surface area contributed by atoms with Crippen molar-refractivity contribution >= 4 is 21.6 Å². The number of anilines is 1. The first-order chi connectivity index (χ1) is 16.0. The molecule has 1 saturated heterocycles. The van der Waals surface area contributed by atoms with Crippen LogP contribution in [0, 0.1) is 0 Å². The molecule has 2 aliphatic heterocycles. The topological polar surface area (TPSA) is 97.2 Å². The van der Waals surface area contributed by atoms with Crippen LogP contribution in [0.2, 0.25) is 0 Å². The molecule has 1 fully saturated rings. The van der Waals surface area contributed by atoms with Gasteiger partial charge in [0.25, 0.3) is 5.91 Å². The number of carbonyl (C=O) groups excluding carboxylic acids is 1. The molecule has 0 spiro atoms. The maximum atomic E-state index is 12.7. The van der Waals surface area contributed by atoms with Crippen LogP contribution in [0.1, 0.15) is 48.3 Å². The number of fused-ring (bicyclic) bond motifs is 1. The standard InChI is InChI=1S/C24H27N5O3S/c30-24(19-9-13-21(14-10-19)33(31,32)28-15-4-5-16-28)25-20-11-7-18(8-12-20)23-27-26-22-6-2-1-3-17-29(22)23/h7-14H,1-6,15-17H2,(H,25,30). The molecule has 1 amide bonds. The minimum absolute atomic E-state index is 0.220. The monoisotopic (exact) mass is 465 g/mol. The first-order valence-electron chi connectivity index (χ1n) is 11.5. The number of aromatic nitrogens is 3. The van der Waals surface area contributed by atoms with Crippen molar-refractivity contribution in [3.8, 4) is 11.4 Å². The van der Waals surface area contributed by atoms with Gasteiger partial charge in [-0.1, -0.05) is 6.42 Å². The second-order valence-electron chi connectivity index (χ2n) is 8.57. The lowest BCUT2D eigenvalue weighted by atomic mass is 10.1. The quantitative estimate of drug-likeness (QED) is 0.620. The number of rotatable bonds is 5. The van der Waals surface area contributed by atoms with E-state index in [1.54, 1.807) is 12.1 Å². The van der Waals surface area contributed by atoms with Crippen LogP contribution in [-0.2, 0) is 23.0 Å². The predicted octanol–water partition coefficient (Wildman–Crippen LogP) is 3.71. The third kappa shape index (κ3) is 4.43. The number of nitrogens with one attached hydrogen (secondary N) is 1. The number of aryl methyl sites for hydroxylation is 1. The van der Waals surface area contributed by atoms with Crippen LogP contribution in [0.15, 0.2) is 53.4 Å². The van der Waals surface area contributed by atoms with Crippen molar-refractivity contribution in [1.29, 1.82) is 0 Å². The van der Waals surface area contributed by atoms with Gasteiger partial charge in [0.15, 0.2) is 5.82 Å². The summed E-state index contributed by atoms with van der Waals surface area (Å²) in [5.41, 5.74) is 2.03. The van der Waals surface area contributed by atoms with Crippen molar-refractivity contribution in [2.24, 2.45) is 0 Å². The summed E-state index contributed by atoms with van der Waals surface area (Å²) in [5.74, 6) is 1.61. The van der Waals surface area contributed by atoms with E-state index in [-0.39, 0.29) is 10.8 Å². The van der Waals surface area contributed by atoms with Crippen molar-refractivity contribution < 1.29 is 13.2 Å². The highest BCUT2D eigenvalue weighted by atomic mass is 32.2. The number of benzene rings is 2. The van der Waals surface area contributed by atoms with E-state index in [2.05, 4.69) is 20.1 Å². The van der Waals surface area contributed by atoms with E-state index in [0.29, 0.717) is 24.3 Å². The molecule has 2 aliphatic rings. The number of hydrogen-bond acceptors (Lipinski definition) is 5. The van der Waals surface area contributed by atoms with E-state index in [1.165, 1.54) is 22.9 Å². The molecule has 8 nitrogen and oxygen atoms in total. The highest BCUT2D eigenvalue weighted by Crippen LogP contribution is 2.25. The first-order valence-corrected chi connectivity index (χ1v) is 12.9. The molecule has 172 valence electrons. The van der Waals surface area contributed by atoms with Crippen LogP contribution in [0.4, 0.5) is 5.69 Å². The third-order valence-electron chi connectivity index (χ3n) is 6.33. The predicted molar refractivity (Wildman–Crippen MR) is 125 cm³/mol. The van der Waals surface area contributed by atoms with E-state index in [9.17, 15) is 13.2 Å². The Morgan fingerprint density at radius 1 is 0.818 bits per heavy atom. The second kappa shape index (κ2) is 9.07. The van der Waals surface area contributed by atoms with E-state index in [1.807, 2.05) is 24.3 Å². The highest BCUT2D eigenvalue weighted by molar-refractivity contribution is 7.89. The molecule has 0 radical (unpaired) electrons. The first kappa shape index (κ1) is 21.8. The van der Waals surface area contributed by atoms with Crippen LogP contribution >= 0.6 is 0 Å². The Hall–Kier alpha value is -3.04. The van der Waals surface area contributed by atoms with Gasteiger partial charge in [-0.3, -0.25) is 4.79 Å². The normalized spacial score (nSPS) is 16.8. The smallest absolute Gasteiger partial charge is 0.255 e. The fraction of sp³-hybridized carbons (Fsp3) is 0.375. The van der Waals surface area contributed by atoms with Crippen LogP contribution in [0.3, 0.4) is 0 Å². The third-order valence-corrected chi connectivity index (χ3v) is 8.24. The van der Waals surface area contributed by atoms with Gasteiger partial charge < -0.3 is 9.88 Å². The van der Waals surface area contributed by atoms with Gasteiger partial charge in [0.05, 0.1) is 4.90 Å². The van der Waals surface area contributed by atoms with Crippen molar-refractivity contribution in [2.75, 3.05) is 18.4 Å². The summed E-state index contributed by atoms with van der Waals surface area (Å²) in [6.07, 6.45) is 6.22. The summed E-state index contributed by atoms with van der Waals surface area (Å²) in [6, 6.07) is 13.7. The van der Waals surface area contributed by atoms with Gasteiger partial charge in [0, 0.05) is 42.9 Å². The molecule has 0 aliphatic carbocycles. The lowest BCUT2D eigenvalue weighted by molar-refractivity contribution is 0.102. The zero-order chi connectivity index (χ0) is 22.8. The zero-order valence-electron chi connectivity index (χ0n) is 18.4. The molecule has 0 unspecified atom stereocenters. The molecular weight excluding hydrogens is 438 g/mol. The maximum absolute atomic E-state index is 12.7. The number of hydrogen-bond donors (Lipinski definition) is 1. The highest BCUT2D eigenvalue weighted by Gasteiger charge is 2.27. The Kier molecular flexibility index (Phi) is 5.99. The second-order valence-corrected chi connectivity index (χ2v) is 10.5. The van der Waals surface area contributed by atoms with E-state index >= 15 is 0 Å². The van der Waals surface area contributed by atoms with Gasteiger partial charge >= 0.3 is 0 Å². The lowest BCUT2D eigenvalue weighted by Crippen LogP contribution is -2.27. The Labute approximate surface area is 193 Å². The molecule has 3 heterocycles. The van der Waals surface area contributed by atoms with Gasteiger partial charge in [-0.15, -0.1) is 10.2 Å². The average molecular weight is 466 g/mol. The summed E-state index contributed by atoms with van der Waals surface area (Å²) < 4.78 is 29.0. The summed E-state index contributed by atoms with van der Waals surface area (Å²) in [4.78, 5) is 12.9. The summed E-state index contributed by atoms with van der Waals surface area (Å²) in [5, 5.41) is 11.6. The van der Waals surface area contributed by atoms with E-state index in [0.717, 1.165) is 55.9 Å². The van der Waals surface area contributed by atoms with Crippen LogP contribution < -0.4 is 5.32 Å². The Morgan fingerprint density at radius 2 is 1.52 bits per heavy atom. The Balaban J connectivity index is 1.27. The number of nitrogens with zero attached hydrogens (tertiary/aromatic N) is 4. The molecule has 0 bridgehead atoms. The Bertz CT molecular complexity index is 1240. The molecule has 33 heavy (non-hydrogen) atoms. The molecule has 0 saturated carbocycles.